The van der Waals surface area contributed by atoms with Gasteiger partial charge in [-0.1, -0.05) is 17.7 Å². The first-order valence-corrected chi connectivity index (χ1v) is 6.27. The van der Waals surface area contributed by atoms with Gasteiger partial charge in [0.1, 0.15) is 0 Å². The smallest absolute Gasteiger partial charge is 0.251 e. The highest BCUT2D eigenvalue weighted by Crippen LogP contribution is 2.16. The molecule has 2 N–H and O–H groups in total. The minimum atomic E-state index is -0.106. The van der Waals surface area contributed by atoms with Crippen LogP contribution < -0.4 is 10.6 Å². The molecule has 0 heterocycles. The molecule has 0 radical (unpaired) electrons. The summed E-state index contributed by atoms with van der Waals surface area (Å²) in [5.74, 6) is -0.106. The van der Waals surface area contributed by atoms with Crippen molar-refractivity contribution >= 4 is 29.9 Å². The molecule has 0 atom stereocenters. The number of halogens is 2. The second kappa shape index (κ2) is 10.0. The molecular formula is C13H20Cl2N2O2. The summed E-state index contributed by atoms with van der Waals surface area (Å²) in [4.78, 5) is 11.8. The Hall–Kier alpha value is -0.810. The molecule has 0 spiro atoms. The standard InChI is InChI=1S/C13H19ClN2O2.ClH/c1-10-3-4-11(9-12(10)14)13(17)16-6-5-15-7-8-18-2;/h3-4,9,15H,5-8H2,1-2H3,(H,16,17);1H. The van der Waals surface area contributed by atoms with E-state index in [2.05, 4.69) is 10.6 Å². The molecule has 1 rings (SSSR count). The van der Waals surface area contributed by atoms with E-state index in [1.807, 2.05) is 13.0 Å². The lowest BCUT2D eigenvalue weighted by Crippen LogP contribution is -2.33. The summed E-state index contributed by atoms with van der Waals surface area (Å²) in [6, 6.07) is 5.30. The first-order valence-electron chi connectivity index (χ1n) is 5.89. The minimum absolute atomic E-state index is 0. The third kappa shape index (κ3) is 6.78. The van der Waals surface area contributed by atoms with Crippen LogP contribution in [0.4, 0.5) is 0 Å². The summed E-state index contributed by atoms with van der Waals surface area (Å²) in [7, 11) is 1.66. The van der Waals surface area contributed by atoms with Gasteiger partial charge < -0.3 is 15.4 Å². The van der Waals surface area contributed by atoms with Crippen molar-refractivity contribution in [2.45, 2.75) is 6.92 Å². The van der Waals surface area contributed by atoms with Gasteiger partial charge in [-0.2, -0.15) is 0 Å². The van der Waals surface area contributed by atoms with Gasteiger partial charge in [-0.25, -0.2) is 0 Å². The molecule has 0 saturated carbocycles. The van der Waals surface area contributed by atoms with Crippen molar-refractivity contribution in [3.63, 3.8) is 0 Å². The van der Waals surface area contributed by atoms with Crippen molar-refractivity contribution in [3.8, 4) is 0 Å². The Morgan fingerprint density at radius 1 is 1.32 bits per heavy atom. The quantitative estimate of drug-likeness (QED) is 0.758. The number of rotatable bonds is 7. The average molecular weight is 307 g/mol. The largest absolute Gasteiger partial charge is 0.383 e. The predicted molar refractivity (Wildman–Crippen MR) is 80.5 cm³/mol. The van der Waals surface area contributed by atoms with Crippen molar-refractivity contribution in [1.82, 2.24) is 10.6 Å². The lowest BCUT2D eigenvalue weighted by Gasteiger charge is -2.07. The summed E-state index contributed by atoms with van der Waals surface area (Å²) >= 11 is 5.97. The van der Waals surface area contributed by atoms with Gasteiger partial charge in [0.05, 0.1) is 6.61 Å². The minimum Gasteiger partial charge on any atom is -0.383 e. The van der Waals surface area contributed by atoms with Crippen LogP contribution in [0, 0.1) is 6.92 Å². The Balaban J connectivity index is 0.00000324. The van der Waals surface area contributed by atoms with Crippen LogP contribution in [-0.2, 0) is 4.74 Å². The third-order valence-corrected chi connectivity index (χ3v) is 2.91. The predicted octanol–water partition coefficient (Wildman–Crippen LogP) is 2.04. The van der Waals surface area contributed by atoms with E-state index in [4.69, 9.17) is 16.3 Å². The van der Waals surface area contributed by atoms with Gasteiger partial charge >= 0.3 is 0 Å². The van der Waals surface area contributed by atoms with Gasteiger partial charge in [0.25, 0.3) is 5.91 Å². The van der Waals surface area contributed by atoms with Gasteiger partial charge in [0.2, 0.25) is 0 Å². The maximum atomic E-state index is 11.8. The molecule has 1 amide bonds. The number of carbonyl (C=O) groups excluding carboxylic acids is 1. The highest BCUT2D eigenvalue weighted by Gasteiger charge is 2.06. The van der Waals surface area contributed by atoms with Gasteiger partial charge in [0, 0.05) is 37.3 Å². The molecule has 108 valence electrons. The van der Waals surface area contributed by atoms with Crippen molar-refractivity contribution < 1.29 is 9.53 Å². The number of hydrogen-bond donors (Lipinski definition) is 2. The zero-order chi connectivity index (χ0) is 13.4. The number of nitrogens with one attached hydrogen (secondary N) is 2. The molecule has 0 aliphatic heterocycles. The lowest BCUT2D eigenvalue weighted by atomic mass is 10.1. The van der Waals surface area contributed by atoms with Crippen molar-refractivity contribution in [1.29, 1.82) is 0 Å². The normalized spacial score (nSPS) is 9.84. The van der Waals surface area contributed by atoms with Crippen molar-refractivity contribution in [2.75, 3.05) is 33.4 Å². The first kappa shape index (κ1) is 18.2. The van der Waals surface area contributed by atoms with Crippen LogP contribution in [0.25, 0.3) is 0 Å². The van der Waals surface area contributed by atoms with Crippen LogP contribution in [0.3, 0.4) is 0 Å². The zero-order valence-electron chi connectivity index (χ0n) is 11.2. The molecular weight excluding hydrogens is 287 g/mol. The van der Waals surface area contributed by atoms with Crippen molar-refractivity contribution in [2.24, 2.45) is 0 Å². The fraction of sp³-hybridized carbons (Fsp3) is 0.462. The van der Waals surface area contributed by atoms with Crippen LogP contribution in [0.2, 0.25) is 5.02 Å². The molecule has 6 heteroatoms. The second-order valence-electron chi connectivity index (χ2n) is 3.96. The average Bonchev–Trinajstić information content (AvgIpc) is 2.36. The number of amides is 1. The zero-order valence-corrected chi connectivity index (χ0v) is 12.7. The molecule has 19 heavy (non-hydrogen) atoms. The molecule has 1 aromatic rings. The van der Waals surface area contributed by atoms with E-state index in [1.54, 1.807) is 19.2 Å². The second-order valence-corrected chi connectivity index (χ2v) is 4.37. The third-order valence-electron chi connectivity index (χ3n) is 2.50. The molecule has 0 aliphatic carbocycles. The summed E-state index contributed by atoms with van der Waals surface area (Å²) in [5.41, 5.74) is 1.55. The lowest BCUT2D eigenvalue weighted by molar-refractivity contribution is 0.0953. The first-order chi connectivity index (χ1) is 8.65. The summed E-state index contributed by atoms with van der Waals surface area (Å²) < 4.78 is 4.90. The summed E-state index contributed by atoms with van der Waals surface area (Å²) in [6.45, 7) is 4.65. The Morgan fingerprint density at radius 2 is 2.05 bits per heavy atom. The van der Waals surface area contributed by atoms with Crippen LogP contribution >= 0.6 is 24.0 Å². The fourth-order valence-corrected chi connectivity index (χ4v) is 1.58. The monoisotopic (exact) mass is 306 g/mol. The van der Waals surface area contributed by atoms with Crippen LogP contribution in [0.5, 0.6) is 0 Å². The number of aryl methyl sites for hydroxylation is 1. The SMILES string of the molecule is COCCNCCNC(=O)c1ccc(C)c(Cl)c1.Cl. The van der Waals surface area contributed by atoms with Crippen LogP contribution in [0.1, 0.15) is 15.9 Å². The molecule has 0 fully saturated rings. The van der Waals surface area contributed by atoms with E-state index in [0.29, 0.717) is 30.3 Å². The Morgan fingerprint density at radius 3 is 2.68 bits per heavy atom. The molecule has 0 aliphatic rings. The number of hydrogen-bond acceptors (Lipinski definition) is 3. The Labute approximate surface area is 125 Å². The van der Waals surface area contributed by atoms with Gasteiger partial charge in [-0.05, 0) is 24.6 Å². The van der Waals surface area contributed by atoms with E-state index < -0.39 is 0 Å². The van der Waals surface area contributed by atoms with Gasteiger partial charge in [0.15, 0.2) is 0 Å². The van der Waals surface area contributed by atoms with E-state index in [1.165, 1.54) is 0 Å². The van der Waals surface area contributed by atoms with E-state index in [0.717, 1.165) is 12.1 Å². The maximum absolute atomic E-state index is 11.8. The van der Waals surface area contributed by atoms with E-state index >= 15 is 0 Å². The maximum Gasteiger partial charge on any atom is 0.251 e. The molecule has 1 aromatic carbocycles. The van der Waals surface area contributed by atoms with Gasteiger partial charge in [-0.15, -0.1) is 12.4 Å². The fourth-order valence-electron chi connectivity index (χ4n) is 1.40. The molecule has 0 bridgehead atoms. The summed E-state index contributed by atoms with van der Waals surface area (Å²) in [6.07, 6.45) is 0. The molecule has 0 unspecified atom stereocenters. The van der Waals surface area contributed by atoms with Crippen LogP contribution in [-0.4, -0.2) is 39.3 Å². The van der Waals surface area contributed by atoms with Gasteiger partial charge in [-0.3, -0.25) is 4.79 Å². The molecule has 4 nitrogen and oxygen atoms in total. The Bertz CT molecular complexity index is 400. The van der Waals surface area contributed by atoms with E-state index in [9.17, 15) is 4.79 Å². The highest BCUT2D eigenvalue weighted by molar-refractivity contribution is 6.31. The van der Waals surface area contributed by atoms with E-state index in [-0.39, 0.29) is 18.3 Å². The number of ether oxygens (including phenoxy) is 1. The number of carbonyl (C=O) groups is 1. The number of methoxy groups -OCH3 is 1. The topological polar surface area (TPSA) is 50.4 Å². The highest BCUT2D eigenvalue weighted by atomic mass is 35.5. The van der Waals surface area contributed by atoms with Crippen LogP contribution in [0.15, 0.2) is 18.2 Å². The molecule has 0 saturated heterocycles. The number of benzene rings is 1. The Kier molecular flexibility index (Phi) is 9.61. The van der Waals surface area contributed by atoms with Crippen molar-refractivity contribution in [3.05, 3.63) is 34.3 Å². The summed E-state index contributed by atoms with van der Waals surface area (Å²) in [5, 5.41) is 6.58. The molecule has 0 aromatic heterocycles.